The maximum atomic E-state index is 2.10. The molecule has 0 amide bonds. The fraction of sp³-hybridized carbons (Fsp3) is 0.133. The molecule has 1 aromatic heterocycles. The van der Waals surface area contributed by atoms with E-state index in [2.05, 4.69) is 46.1 Å². The van der Waals surface area contributed by atoms with Crippen molar-refractivity contribution in [2.45, 2.75) is 0 Å². The summed E-state index contributed by atoms with van der Waals surface area (Å²) in [5.41, 5.74) is 1.20. The SMILES string of the molecule is CN(C)c1cccc[n+]1C=Cc1ccccc1. The Bertz CT molecular complexity index is 501. The topological polar surface area (TPSA) is 7.12 Å². The van der Waals surface area contributed by atoms with Gasteiger partial charge < -0.3 is 0 Å². The maximum Gasteiger partial charge on any atom is 0.280 e. The molecule has 0 saturated carbocycles. The molecular formula is C15H17N2+. The Morgan fingerprint density at radius 2 is 1.65 bits per heavy atom. The average Bonchev–Trinajstić information content (AvgIpc) is 2.38. The number of anilines is 1. The lowest BCUT2D eigenvalue weighted by atomic mass is 10.2. The Hall–Kier alpha value is -2.09. The largest absolute Gasteiger partial charge is 0.280 e. The summed E-state index contributed by atoms with van der Waals surface area (Å²) >= 11 is 0. The Morgan fingerprint density at radius 1 is 0.941 bits per heavy atom. The van der Waals surface area contributed by atoms with Crippen molar-refractivity contribution in [1.29, 1.82) is 0 Å². The van der Waals surface area contributed by atoms with Crippen molar-refractivity contribution in [3.05, 3.63) is 60.3 Å². The first kappa shape index (κ1) is 11.4. The van der Waals surface area contributed by atoms with Crippen LogP contribution < -0.4 is 9.47 Å². The number of benzene rings is 1. The molecule has 0 atom stereocenters. The molecule has 0 unspecified atom stereocenters. The van der Waals surface area contributed by atoms with Crippen LogP contribution in [0.1, 0.15) is 5.56 Å². The first-order valence-corrected chi connectivity index (χ1v) is 5.68. The summed E-state index contributed by atoms with van der Waals surface area (Å²) in [4.78, 5) is 2.09. The van der Waals surface area contributed by atoms with E-state index in [9.17, 15) is 0 Å². The second-order valence-corrected chi connectivity index (χ2v) is 4.09. The predicted molar refractivity (Wildman–Crippen MR) is 72.6 cm³/mol. The summed E-state index contributed by atoms with van der Waals surface area (Å²) in [6.45, 7) is 0. The van der Waals surface area contributed by atoms with Gasteiger partial charge in [-0.1, -0.05) is 36.4 Å². The molecule has 0 bridgehead atoms. The molecule has 2 heteroatoms. The molecule has 86 valence electrons. The molecule has 0 radical (unpaired) electrons. The van der Waals surface area contributed by atoms with Gasteiger partial charge in [0.2, 0.25) is 0 Å². The van der Waals surface area contributed by atoms with Gasteiger partial charge in [0.05, 0.1) is 26.5 Å². The summed E-state index contributed by atoms with van der Waals surface area (Å²) in [5.74, 6) is 1.15. The molecule has 0 aliphatic heterocycles. The van der Waals surface area contributed by atoms with E-state index in [4.69, 9.17) is 0 Å². The lowest BCUT2D eigenvalue weighted by Crippen LogP contribution is -2.33. The van der Waals surface area contributed by atoms with Crippen LogP contribution in [0.15, 0.2) is 54.7 Å². The third-order valence-electron chi connectivity index (χ3n) is 2.55. The van der Waals surface area contributed by atoms with Crippen LogP contribution in [0.4, 0.5) is 5.82 Å². The Kier molecular flexibility index (Phi) is 3.55. The van der Waals surface area contributed by atoms with Gasteiger partial charge in [-0.2, -0.15) is 0 Å². The van der Waals surface area contributed by atoms with Crippen LogP contribution in [0.2, 0.25) is 0 Å². The van der Waals surface area contributed by atoms with Crippen molar-refractivity contribution < 1.29 is 4.57 Å². The van der Waals surface area contributed by atoms with Crippen LogP contribution >= 0.6 is 0 Å². The molecule has 0 fully saturated rings. The van der Waals surface area contributed by atoms with Crippen molar-refractivity contribution in [1.82, 2.24) is 0 Å². The van der Waals surface area contributed by atoms with E-state index >= 15 is 0 Å². The Balaban J connectivity index is 2.27. The van der Waals surface area contributed by atoms with Crippen molar-refractivity contribution in [2.75, 3.05) is 19.0 Å². The summed E-state index contributed by atoms with van der Waals surface area (Å²) < 4.78 is 2.10. The highest BCUT2D eigenvalue weighted by Gasteiger charge is 2.06. The van der Waals surface area contributed by atoms with E-state index in [1.54, 1.807) is 0 Å². The first-order chi connectivity index (χ1) is 8.27. The highest BCUT2D eigenvalue weighted by molar-refractivity contribution is 5.57. The normalized spacial score (nSPS) is 10.7. The number of hydrogen-bond donors (Lipinski definition) is 0. The third-order valence-corrected chi connectivity index (χ3v) is 2.55. The molecule has 2 aromatic rings. The van der Waals surface area contributed by atoms with E-state index < -0.39 is 0 Å². The van der Waals surface area contributed by atoms with E-state index in [0.717, 1.165) is 5.82 Å². The molecule has 1 aromatic carbocycles. The summed E-state index contributed by atoms with van der Waals surface area (Å²) in [7, 11) is 4.09. The third kappa shape index (κ3) is 2.94. The van der Waals surface area contributed by atoms with Crippen molar-refractivity contribution in [2.24, 2.45) is 0 Å². The second kappa shape index (κ2) is 5.30. The van der Waals surface area contributed by atoms with Gasteiger partial charge in [-0.15, -0.1) is 0 Å². The summed E-state index contributed by atoms with van der Waals surface area (Å²) in [6, 6.07) is 16.5. The predicted octanol–water partition coefficient (Wildman–Crippen LogP) is 2.67. The molecule has 2 rings (SSSR count). The quantitative estimate of drug-likeness (QED) is 0.728. The second-order valence-electron chi connectivity index (χ2n) is 4.09. The van der Waals surface area contributed by atoms with Gasteiger partial charge in [0.15, 0.2) is 0 Å². The lowest BCUT2D eigenvalue weighted by molar-refractivity contribution is -0.553. The zero-order valence-corrected chi connectivity index (χ0v) is 10.2. The van der Waals surface area contributed by atoms with E-state index in [-0.39, 0.29) is 0 Å². The van der Waals surface area contributed by atoms with Crippen molar-refractivity contribution in [3.8, 4) is 0 Å². The van der Waals surface area contributed by atoms with Crippen LogP contribution in [0, 0.1) is 0 Å². The van der Waals surface area contributed by atoms with Crippen LogP contribution in [0.25, 0.3) is 12.3 Å². The lowest BCUT2D eigenvalue weighted by Gasteiger charge is -2.07. The zero-order valence-electron chi connectivity index (χ0n) is 10.2. The molecule has 0 aliphatic carbocycles. The van der Waals surface area contributed by atoms with Gasteiger partial charge >= 0.3 is 0 Å². The number of hydrogen-bond acceptors (Lipinski definition) is 1. The van der Waals surface area contributed by atoms with Crippen LogP contribution in [0.3, 0.4) is 0 Å². The van der Waals surface area contributed by atoms with Gasteiger partial charge in [0, 0.05) is 6.07 Å². The van der Waals surface area contributed by atoms with Gasteiger partial charge in [-0.05, 0) is 17.7 Å². The molecule has 0 saturated heterocycles. The number of nitrogens with zero attached hydrogens (tertiary/aromatic N) is 2. The van der Waals surface area contributed by atoms with Gasteiger partial charge in [0.25, 0.3) is 5.82 Å². The molecular weight excluding hydrogens is 208 g/mol. The van der Waals surface area contributed by atoms with E-state index in [1.807, 2.05) is 44.4 Å². The molecule has 2 nitrogen and oxygen atoms in total. The molecule has 0 spiro atoms. The fourth-order valence-corrected chi connectivity index (χ4v) is 1.68. The molecule has 0 N–H and O–H groups in total. The summed E-state index contributed by atoms with van der Waals surface area (Å²) in [6.07, 6.45) is 6.23. The maximum absolute atomic E-state index is 2.10. The minimum atomic E-state index is 1.15. The van der Waals surface area contributed by atoms with Crippen LogP contribution in [0.5, 0.6) is 0 Å². The number of aromatic nitrogens is 1. The monoisotopic (exact) mass is 225 g/mol. The fourth-order valence-electron chi connectivity index (χ4n) is 1.68. The Morgan fingerprint density at radius 3 is 2.35 bits per heavy atom. The standard InChI is InChI=1S/C15H17N2/c1-16(2)15-10-6-7-12-17(15)13-11-14-8-4-3-5-9-14/h3-13H,1-2H3/q+1. The first-order valence-electron chi connectivity index (χ1n) is 5.68. The minimum absolute atomic E-state index is 1.15. The zero-order chi connectivity index (χ0) is 12.1. The number of rotatable bonds is 3. The van der Waals surface area contributed by atoms with Crippen LogP contribution in [-0.2, 0) is 0 Å². The van der Waals surface area contributed by atoms with Gasteiger partial charge in [-0.3, -0.25) is 4.90 Å². The average molecular weight is 225 g/mol. The van der Waals surface area contributed by atoms with E-state index in [1.165, 1.54) is 5.56 Å². The van der Waals surface area contributed by atoms with Gasteiger partial charge in [0.1, 0.15) is 0 Å². The van der Waals surface area contributed by atoms with Gasteiger partial charge in [-0.25, -0.2) is 4.57 Å². The Labute approximate surface area is 102 Å². The van der Waals surface area contributed by atoms with Crippen molar-refractivity contribution >= 4 is 18.1 Å². The molecule has 17 heavy (non-hydrogen) atoms. The smallest absolute Gasteiger partial charge is 0.267 e. The van der Waals surface area contributed by atoms with E-state index in [0.29, 0.717) is 0 Å². The van der Waals surface area contributed by atoms with Crippen LogP contribution in [-0.4, -0.2) is 14.1 Å². The van der Waals surface area contributed by atoms with Crippen molar-refractivity contribution in [3.63, 3.8) is 0 Å². The highest BCUT2D eigenvalue weighted by atomic mass is 15.2. The summed E-state index contributed by atoms with van der Waals surface area (Å²) in [5, 5.41) is 0. The highest BCUT2D eigenvalue weighted by Crippen LogP contribution is 2.05. The molecule has 1 heterocycles. The molecule has 0 aliphatic rings. The minimum Gasteiger partial charge on any atom is -0.267 e. The number of pyridine rings is 1.